The van der Waals surface area contributed by atoms with Crippen molar-refractivity contribution < 1.29 is 0 Å². The maximum atomic E-state index is 9.43. The zero-order valence-electron chi connectivity index (χ0n) is 36.4. The first-order chi connectivity index (χ1) is 29.9. The molecule has 0 spiro atoms. The molecule has 7 aromatic carbocycles. The third-order valence-electron chi connectivity index (χ3n) is 11.5. The monoisotopic (exact) mass is 807 g/mol. The predicted molar refractivity (Wildman–Crippen MR) is 263 cm³/mol. The van der Waals surface area contributed by atoms with Crippen LogP contribution >= 0.6 is 0 Å². The van der Waals surface area contributed by atoms with Gasteiger partial charge in [-0.2, -0.15) is 5.26 Å². The highest BCUT2D eigenvalue weighted by atomic mass is 15.1. The number of benzene rings is 7. The quantitative estimate of drug-likeness (QED) is 0.107. The summed E-state index contributed by atoms with van der Waals surface area (Å²) in [6, 6.07) is 59.7. The fourth-order valence-electron chi connectivity index (χ4n) is 7.84. The molecule has 0 aliphatic carbocycles. The molecule has 0 radical (unpaired) electrons. The van der Waals surface area contributed by atoms with Crippen LogP contribution in [0.25, 0.3) is 18.2 Å². The van der Waals surface area contributed by atoms with Crippen LogP contribution in [-0.4, -0.2) is 6.21 Å². The summed E-state index contributed by atoms with van der Waals surface area (Å²) in [5.41, 5.74) is 16.2. The number of fused-ring (bicyclic) bond motifs is 1. The summed E-state index contributed by atoms with van der Waals surface area (Å²) in [6.45, 7) is 13.4. The van der Waals surface area contributed by atoms with Crippen molar-refractivity contribution in [2.24, 2.45) is 0 Å². The smallest absolute Gasteiger partial charge is 0.0991 e. The van der Waals surface area contributed by atoms with Crippen molar-refractivity contribution in [3.8, 4) is 6.07 Å². The molecule has 0 bridgehead atoms. The lowest BCUT2D eigenvalue weighted by Gasteiger charge is -2.28. The summed E-state index contributed by atoms with van der Waals surface area (Å²) in [5, 5.41) is 20.8. The van der Waals surface area contributed by atoms with Crippen molar-refractivity contribution in [2.45, 2.75) is 58.4 Å². The molecule has 1 aliphatic heterocycles. The first-order valence-electron chi connectivity index (χ1n) is 21.3. The zero-order chi connectivity index (χ0) is 43.4. The first-order valence-corrected chi connectivity index (χ1v) is 21.3. The molecular formula is C57H53N5. The van der Waals surface area contributed by atoms with Crippen LogP contribution < -0.4 is 15.1 Å². The van der Waals surface area contributed by atoms with Crippen molar-refractivity contribution in [1.82, 2.24) is 0 Å². The Balaban J connectivity index is 0.973. The molecule has 1 atom stereocenters. The Hall–Kier alpha value is -7.42. The molecule has 7 aromatic rings. The number of rotatable bonds is 10. The molecule has 5 heteroatoms. The van der Waals surface area contributed by atoms with Gasteiger partial charge in [-0.25, -0.2) is 0 Å². The van der Waals surface area contributed by atoms with Crippen molar-refractivity contribution >= 4 is 64.3 Å². The molecule has 8 rings (SSSR count). The van der Waals surface area contributed by atoms with Crippen LogP contribution in [0.4, 0.5) is 39.8 Å². The molecule has 0 fully saturated rings. The highest BCUT2D eigenvalue weighted by Gasteiger charge is 2.20. The van der Waals surface area contributed by atoms with Crippen LogP contribution in [0.15, 0.2) is 170 Å². The lowest BCUT2D eigenvalue weighted by atomic mass is 9.87. The number of nitriles is 1. The van der Waals surface area contributed by atoms with Gasteiger partial charge in [0.15, 0.2) is 0 Å². The standard InChI is InChI=1S/C57H53N5/c1-56(2,3)46-19-31-52(32-20-46)61(49-25-11-42(38-58)12-26-49)48-23-9-40(10-24-48)7-8-41-15-35-55-45(37-41)18-36-54(60-55)44-16-29-51(30-17-44)62(50-27-13-43(39-59)14-28-50)53-33-21-47(22-34-53)57(4,5)6/h7-38,54,58,60H,1-6H3/b8-7+,58-38?. The summed E-state index contributed by atoms with van der Waals surface area (Å²) in [4.78, 5) is 4.50. The molecule has 306 valence electrons. The fraction of sp³-hybridized carbons (Fsp3) is 0.158. The molecule has 0 saturated heterocycles. The van der Waals surface area contributed by atoms with Crippen LogP contribution in [0.5, 0.6) is 0 Å². The minimum Gasteiger partial charge on any atom is -0.374 e. The normalized spacial score (nSPS) is 13.5. The summed E-state index contributed by atoms with van der Waals surface area (Å²) in [7, 11) is 0. The van der Waals surface area contributed by atoms with Crippen molar-refractivity contribution in [3.63, 3.8) is 0 Å². The Morgan fingerprint density at radius 1 is 0.516 bits per heavy atom. The molecule has 1 unspecified atom stereocenters. The van der Waals surface area contributed by atoms with E-state index in [9.17, 15) is 5.26 Å². The van der Waals surface area contributed by atoms with E-state index < -0.39 is 0 Å². The van der Waals surface area contributed by atoms with Gasteiger partial charge in [-0.05, 0) is 147 Å². The molecule has 1 heterocycles. The molecule has 62 heavy (non-hydrogen) atoms. The Kier molecular flexibility index (Phi) is 11.5. The summed E-state index contributed by atoms with van der Waals surface area (Å²) < 4.78 is 0. The van der Waals surface area contributed by atoms with Crippen LogP contribution in [-0.2, 0) is 10.8 Å². The van der Waals surface area contributed by atoms with Crippen molar-refractivity contribution in [2.75, 3.05) is 15.1 Å². The van der Waals surface area contributed by atoms with Gasteiger partial charge in [0, 0.05) is 46.0 Å². The van der Waals surface area contributed by atoms with Gasteiger partial charge < -0.3 is 20.5 Å². The van der Waals surface area contributed by atoms with E-state index in [0.29, 0.717) is 5.56 Å². The number of anilines is 7. The lowest BCUT2D eigenvalue weighted by molar-refractivity contribution is 0.590. The minimum absolute atomic E-state index is 0.0378. The second-order valence-electron chi connectivity index (χ2n) is 18.0. The van der Waals surface area contributed by atoms with Crippen molar-refractivity contribution in [1.29, 1.82) is 10.7 Å². The summed E-state index contributed by atoms with van der Waals surface area (Å²) in [6.07, 6.45) is 10.2. The van der Waals surface area contributed by atoms with Crippen LogP contribution in [0, 0.1) is 16.7 Å². The molecular weight excluding hydrogens is 755 g/mol. The third kappa shape index (κ3) is 9.16. The molecule has 1 aliphatic rings. The molecule has 5 nitrogen and oxygen atoms in total. The highest BCUT2D eigenvalue weighted by molar-refractivity contribution is 5.83. The largest absolute Gasteiger partial charge is 0.374 e. The fourth-order valence-corrected chi connectivity index (χ4v) is 7.84. The van der Waals surface area contributed by atoms with E-state index in [1.165, 1.54) is 22.9 Å². The van der Waals surface area contributed by atoms with Crippen molar-refractivity contribution in [3.05, 3.63) is 214 Å². The number of nitrogens with one attached hydrogen (secondary N) is 2. The number of hydrogen-bond donors (Lipinski definition) is 2. The van der Waals surface area contributed by atoms with E-state index in [1.807, 2.05) is 36.4 Å². The van der Waals surface area contributed by atoms with Gasteiger partial charge in [-0.3, -0.25) is 0 Å². The maximum absolute atomic E-state index is 9.43. The second kappa shape index (κ2) is 17.3. The lowest BCUT2D eigenvalue weighted by Crippen LogP contribution is -2.14. The van der Waals surface area contributed by atoms with Crippen LogP contribution in [0.1, 0.15) is 92.1 Å². The van der Waals surface area contributed by atoms with Crippen LogP contribution in [0.3, 0.4) is 0 Å². The van der Waals surface area contributed by atoms with E-state index in [1.54, 1.807) is 0 Å². The van der Waals surface area contributed by atoms with E-state index in [4.69, 9.17) is 5.41 Å². The number of nitrogens with zero attached hydrogens (tertiary/aromatic N) is 3. The van der Waals surface area contributed by atoms with E-state index in [-0.39, 0.29) is 16.9 Å². The molecule has 2 N–H and O–H groups in total. The minimum atomic E-state index is 0.0378. The Morgan fingerprint density at radius 2 is 0.919 bits per heavy atom. The van der Waals surface area contributed by atoms with Gasteiger partial charge in [0.2, 0.25) is 0 Å². The SMILES string of the molecule is CC(C)(C)c1ccc(N(c2ccc(C=N)cc2)c2ccc(/C=C/c3ccc4c(c3)C=CC(c3ccc(N(c5ccc(C#N)cc5)c5ccc(C(C)(C)C)cc5)cc3)N4)cc2)cc1. The third-order valence-corrected chi connectivity index (χ3v) is 11.5. The molecule has 0 amide bonds. The topological polar surface area (TPSA) is 66.2 Å². The van der Waals surface area contributed by atoms with Gasteiger partial charge in [-0.15, -0.1) is 0 Å². The Labute approximate surface area is 367 Å². The predicted octanol–water partition coefficient (Wildman–Crippen LogP) is 15.4. The van der Waals surface area contributed by atoms with Crippen LogP contribution in [0.2, 0.25) is 0 Å². The Bertz CT molecular complexity index is 2760. The summed E-state index contributed by atoms with van der Waals surface area (Å²) >= 11 is 0. The van der Waals surface area contributed by atoms with E-state index >= 15 is 0 Å². The molecule has 0 aromatic heterocycles. The average molecular weight is 808 g/mol. The van der Waals surface area contributed by atoms with Gasteiger partial charge in [0.05, 0.1) is 17.7 Å². The van der Waals surface area contributed by atoms with Gasteiger partial charge in [0.25, 0.3) is 0 Å². The van der Waals surface area contributed by atoms with Gasteiger partial charge in [0.1, 0.15) is 0 Å². The van der Waals surface area contributed by atoms with E-state index in [0.717, 1.165) is 62.1 Å². The Morgan fingerprint density at radius 3 is 1.37 bits per heavy atom. The average Bonchev–Trinajstić information content (AvgIpc) is 3.29. The first kappa shape index (κ1) is 41.3. The van der Waals surface area contributed by atoms with E-state index in [2.05, 4.69) is 214 Å². The summed E-state index contributed by atoms with van der Waals surface area (Å²) in [5.74, 6) is 0. The van der Waals surface area contributed by atoms with Gasteiger partial charge in [-0.1, -0.05) is 133 Å². The number of hydrogen-bond acceptors (Lipinski definition) is 5. The highest BCUT2D eigenvalue weighted by Crippen LogP contribution is 2.39. The van der Waals surface area contributed by atoms with Gasteiger partial charge >= 0.3 is 0 Å². The second-order valence-corrected chi connectivity index (χ2v) is 18.0. The maximum Gasteiger partial charge on any atom is 0.0991 e. The zero-order valence-corrected chi connectivity index (χ0v) is 36.4. The molecule has 0 saturated carbocycles.